The van der Waals surface area contributed by atoms with Crippen molar-refractivity contribution >= 4 is 11.8 Å². The van der Waals surface area contributed by atoms with Gasteiger partial charge in [0.25, 0.3) is 0 Å². The smallest absolute Gasteiger partial charge is 0.225 e. The third-order valence-corrected chi connectivity index (χ3v) is 6.73. The van der Waals surface area contributed by atoms with Crippen LogP contribution in [0.25, 0.3) is 11.3 Å². The Morgan fingerprint density at radius 3 is 2.86 bits per heavy atom. The zero-order valence-corrected chi connectivity index (χ0v) is 17.0. The summed E-state index contributed by atoms with van der Waals surface area (Å²) in [4.78, 5) is 31.2. The first-order valence-corrected chi connectivity index (χ1v) is 10.8. The first kappa shape index (κ1) is 18.4. The SMILES string of the molecule is CC(=O)N1CCCC(C(=O)N[C@@H]2CCc3ccc(-c4cn5c(n4)CCC5)cc32)C1. The lowest BCUT2D eigenvalue weighted by atomic mass is 9.96. The van der Waals surface area contributed by atoms with Crippen LogP contribution in [0.4, 0.5) is 0 Å². The number of imidazole rings is 1. The number of aryl methyl sites for hydroxylation is 3. The van der Waals surface area contributed by atoms with E-state index in [4.69, 9.17) is 4.98 Å². The maximum Gasteiger partial charge on any atom is 0.225 e. The summed E-state index contributed by atoms with van der Waals surface area (Å²) in [6.45, 7) is 3.95. The van der Waals surface area contributed by atoms with E-state index >= 15 is 0 Å². The Balaban J connectivity index is 1.32. The second-order valence-electron chi connectivity index (χ2n) is 8.66. The van der Waals surface area contributed by atoms with Gasteiger partial charge in [0.05, 0.1) is 17.7 Å². The Labute approximate surface area is 171 Å². The maximum atomic E-state index is 12.9. The molecular weight excluding hydrogens is 364 g/mol. The molecule has 0 bridgehead atoms. The van der Waals surface area contributed by atoms with Gasteiger partial charge in [-0.1, -0.05) is 12.1 Å². The predicted molar refractivity (Wildman–Crippen MR) is 110 cm³/mol. The van der Waals surface area contributed by atoms with Gasteiger partial charge in [-0.15, -0.1) is 0 Å². The molecule has 1 fully saturated rings. The summed E-state index contributed by atoms with van der Waals surface area (Å²) in [5, 5.41) is 3.28. The van der Waals surface area contributed by atoms with Gasteiger partial charge in [0.2, 0.25) is 11.8 Å². The highest BCUT2D eigenvalue weighted by Gasteiger charge is 2.31. The van der Waals surface area contributed by atoms with Crippen LogP contribution in [0.1, 0.15) is 55.6 Å². The van der Waals surface area contributed by atoms with Crippen LogP contribution < -0.4 is 5.32 Å². The first-order chi connectivity index (χ1) is 14.1. The number of aromatic nitrogens is 2. The van der Waals surface area contributed by atoms with Crippen LogP contribution in [0.5, 0.6) is 0 Å². The van der Waals surface area contributed by atoms with Gasteiger partial charge < -0.3 is 14.8 Å². The maximum absolute atomic E-state index is 12.9. The van der Waals surface area contributed by atoms with Gasteiger partial charge in [-0.3, -0.25) is 9.59 Å². The molecule has 2 aliphatic heterocycles. The van der Waals surface area contributed by atoms with Gasteiger partial charge in [-0.25, -0.2) is 4.98 Å². The third-order valence-electron chi connectivity index (χ3n) is 6.73. The predicted octanol–water partition coefficient (Wildman–Crippen LogP) is 2.86. The van der Waals surface area contributed by atoms with Crippen molar-refractivity contribution in [3.8, 4) is 11.3 Å². The summed E-state index contributed by atoms with van der Waals surface area (Å²) < 4.78 is 2.26. The van der Waals surface area contributed by atoms with Crippen LogP contribution in [0, 0.1) is 5.92 Å². The highest BCUT2D eigenvalue weighted by molar-refractivity contribution is 5.81. The van der Waals surface area contributed by atoms with E-state index in [9.17, 15) is 9.59 Å². The summed E-state index contributed by atoms with van der Waals surface area (Å²) >= 11 is 0. The molecule has 2 amide bonds. The Bertz CT molecular complexity index is 942. The fourth-order valence-corrected chi connectivity index (χ4v) is 5.07. The normalized spacial score (nSPS) is 23.0. The molecule has 1 aromatic carbocycles. The Morgan fingerprint density at radius 1 is 1.14 bits per heavy atom. The average molecular weight is 393 g/mol. The molecule has 152 valence electrons. The van der Waals surface area contributed by atoms with Crippen LogP contribution in [-0.2, 0) is 29.0 Å². The van der Waals surface area contributed by atoms with Gasteiger partial charge in [-0.2, -0.15) is 0 Å². The molecule has 6 heteroatoms. The molecule has 2 aromatic rings. The summed E-state index contributed by atoms with van der Waals surface area (Å²) in [5.74, 6) is 1.22. The lowest BCUT2D eigenvalue weighted by Crippen LogP contribution is -2.45. The van der Waals surface area contributed by atoms with Crippen molar-refractivity contribution in [2.75, 3.05) is 13.1 Å². The topological polar surface area (TPSA) is 67.2 Å². The van der Waals surface area contributed by atoms with E-state index in [1.807, 2.05) is 0 Å². The summed E-state index contributed by atoms with van der Waals surface area (Å²) in [6.07, 6.45) is 8.08. The van der Waals surface area contributed by atoms with Crippen LogP contribution >= 0.6 is 0 Å². The lowest BCUT2D eigenvalue weighted by Gasteiger charge is -2.32. The molecule has 6 nitrogen and oxygen atoms in total. The molecule has 2 atom stereocenters. The molecule has 1 aromatic heterocycles. The third kappa shape index (κ3) is 3.45. The number of carbonyl (C=O) groups excluding carboxylic acids is 2. The van der Waals surface area contributed by atoms with Crippen molar-refractivity contribution in [2.45, 2.75) is 58.0 Å². The summed E-state index contributed by atoms with van der Waals surface area (Å²) in [5.41, 5.74) is 4.71. The molecule has 3 aliphatic rings. The molecule has 1 saturated heterocycles. The van der Waals surface area contributed by atoms with Crippen molar-refractivity contribution in [1.29, 1.82) is 0 Å². The zero-order valence-electron chi connectivity index (χ0n) is 17.0. The zero-order chi connectivity index (χ0) is 20.0. The van der Waals surface area contributed by atoms with E-state index in [0.717, 1.165) is 56.5 Å². The lowest BCUT2D eigenvalue weighted by molar-refractivity contribution is -0.134. The number of fused-ring (bicyclic) bond motifs is 2. The van der Waals surface area contributed by atoms with Gasteiger partial charge in [0, 0.05) is 44.7 Å². The molecule has 29 heavy (non-hydrogen) atoms. The van der Waals surface area contributed by atoms with E-state index in [2.05, 4.69) is 34.3 Å². The second-order valence-corrected chi connectivity index (χ2v) is 8.66. The highest BCUT2D eigenvalue weighted by Crippen LogP contribution is 2.35. The molecular formula is C23H28N4O2. The number of hydrogen-bond donors (Lipinski definition) is 1. The summed E-state index contributed by atoms with van der Waals surface area (Å²) in [7, 11) is 0. The number of nitrogens with zero attached hydrogens (tertiary/aromatic N) is 3. The Morgan fingerprint density at radius 2 is 2.03 bits per heavy atom. The van der Waals surface area contributed by atoms with Crippen molar-refractivity contribution in [1.82, 2.24) is 19.8 Å². The quantitative estimate of drug-likeness (QED) is 0.873. The fraction of sp³-hybridized carbons (Fsp3) is 0.522. The number of piperidine rings is 1. The molecule has 1 aliphatic carbocycles. The van der Waals surface area contributed by atoms with Crippen LogP contribution in [-0.4, -0.2) is 39.4 Å². The standard InChI is InChI=1S/C23H28N4O2/c1-15(28)26-10-2-4-18(13-26)23(29)25-20-9-8-16-6-7-17(12-19(16)20)21-14-27-11-3-5-22(27)24-21/h6-7,12,14,18,20H,2-5,8-11,13H2,1H3,(H,25,29)/t18?,20-/m1/s1. The average Bonchev–Trinajstić information content (AvgIpc) is 3.43. The number of amides is 2. The number of benzene rings is 1. The summed E-state index contributed by atoms with van der Waals surface area (Å²) in [6, 6.07) is 6.63. The van der Waals surface area contributed by atoms with Gasteiger partial charge in [0.15, 0.2) is 0 Å². The molecule has 0 spiro atoms. The molecule has 0 saturated carbocycles. The van der Waals surface area contributed by atoms with E-state index in [0.29, 0.717) is 6.54 Å². The van der Waals surface area contributed by atoms with Gasteiger partial charge in [0.1, 0.15) is 5.82 Å². The van der Waals surface area contributed by atoms with Crippen molar-refractivity contribution < 1.29 is 9.59 Å². The van der Waals surface area contributed by atoms with E-state index < -0.39 is 0 Å². The van der Waals surface area contributed by atoms with Crippen LogP contribution in [0.15, 0.2) is 24.4 Å². The van der Waals surface area contributed by atoms with E-state index in [1.165, 1.54) is 23.4 Å². The van der Waals surface area contributed by atoms with Crippen molar-refractivity contribution in [3.63, 3.8) is 0 Å². The van der Waals surface area contributed by atoms with Crippen LogP contribution in [0.2, 0.25) is 0 Å². The number of carbonyl (C=O) groups is 2. The second kappa shape index (κ2) is 7.32. The van der Waals surface area contributed by atoms with E-state index in [-0.39, 0.29) is 23.8 Å². The minimum Gasteiger partial charge on any atom is -0.349 e. The minimum atomic E-state index is -0.101. The number of rotatable bonds is 3. The Kier molecular flexibility index (Phi) is 4.64. The number of likely N-dealkylation sites (tertiary alicyclic amines) is 1. The van der Waals surface area contributed by atoms with Gasteiger partial charge in [-0.05, 0) is 49.3 Å². The minimum absolute atomic E-state index is 0.0552. The molecule has 1 N–H and O–H groups in total. The van der Waals surface area contributed by atoms with E-state index in [1.54, 1.807) is 11.8 Å². The highest BCUT2D eigenvalue weighted by atomic mass is 16.2. The molecule has 0 radical (unpaired) electrons. The fourth-order valence-electron chi connectivity index (χ4n) is 5.07. The largest absolute Gasteiger partial charge is 0.349 e. The van der Waals surface area contributed by atoms with Crippen LogP contribution in [0.3, 0.4) is 0 Å². The van der Waals surface area contributed by atoms with Crippen molar-refractivity contribution in [3.05, 3.63) is 41.3 Å². The van der Waals surface area contributed by atoms with Gasteiger partial charge >= 0.3 is 0 Å². The Hall–Kier alpha value is -2.63. The number of nitrogens with one attached hydrogen (secondary N) is 1. The monoisotopic (exact) mass is 392 g/mol. The first-order valence-electron chi connectivity index (χ1n) is 10.8. The van der Waals surface area contributed by atoms with Crippen molar-refractivity contribution in [2.24, 2.45) is 5.92 Å². The number of hydrogen-bond acceptors (Lipinski definition) is 3. The molecule has 3 heterocycles. The molecule has 1 unspecified atom stereocenters. The molecule has 5 rings (SSSR count).